The highest BCUT2D eigenvalue weighted by Gasteiger charge is 2.13. The number of halogens is 4. The number of benzene rings is 2. The first-order chi connectivity index (χ1) is 12.0. The Bertz CT molecular complexity index is 886. The average molecular weight is 415 g/mol. The first-order valence-corrected chi connectivity index (χ1v) is 8.77. The number of imidazole rings is 1. The van der Waals surface area contributed by atoms with E-state index in [0.29, 0.717) is 27.1 Å². The zero-order chi connectivity index (χ0) is 18.0. The maximum atomic E-state index is 11.5. The Labute approximate surface area is 164 Å². The van der Waals surface area contributed by atoms with Crippen molar-refractivity contribution in [2.45, 2.75) is 4.84 Å². The molecule has 3 aromatic rings. The molecule has 8 heteroatoms. The van der Waals surface area contributed by atoms with Crippen LogP contribution in [0.1, 0.15) is 0 Å². The number of aromatic nitrogens is 2. The van der Waals surface area contributed by atoms with Gasteiger partial charge in [0, 0.05) is 16.8 Å². The summed E-state index contributed by atoms with van der Waals surface area (Å²) in [6.07, 6.45) is 1.67. The van der Waals surface area contributed by atoms with E-state index in [1.807, 2.05) is 12.1 Å². The molecule has 2 N–H and O–H groups in total. The Hall–Kier alpha value is -1.72. The lowest BCUT2D eigenvalue weighted by molar-refractivity contribution is -0.114. The molecule has 3 rings (SSSR count). The molecule has 0 spiro atoms. The Morgan fingerprint density at radius 2 is 1.68 bits per heavy atom. The fourth-order valence-electron chi connectivity index (χ4n) is 2.26. The van der Waals surface area contributed by atoms with Crippen molar-refractivity contribution in [1.29, 1.82) is 0 Å². The summed E-state index contributed by atoms with van der Waals surface area (Å²) >= 11 is 23.5. The molecule has 0 saturated heterocycles. The molecule has 0 aliphatic rings. The van der Waals surface area contributed by atoms with Crippen LogP contribution in [0.3, 0.4) is 0 Å². The van der Waals surface area contributed by atoms with E-state index >= 15 is 0 Å². The highest BCUT2D eigenvalue weighted by Crippen LogP contribution is 2.34. The Morgan fingerprint density at radius 3 is 2.28 bits per heavy atom. The van der Waals surface area contributed by atoms with Crippen molar-refractivity contribution < 1.29 is 4.79 Å². The number of nitrogens with zero attached hydrogens (tertiary/aromatic N) is 1. The second-order valence-electron chi connectivity index (χ2n) is 5.11. The van der Waals surface area contributed by atoms with E-state index in [9.17, 15) is 4.79 Å². The van der Waals surface area contributed by atoms with E-state index in [-0.39, 0.29) is 0 Å². The molecule has 0 aliphatic carbocycles. The van der Waals surface area contributed by atoms with E-state index < -0.39 is 10.7 Å². The number of hydrogen-bond donors (Lipinski definition) is 2. The van der Waals surface area contributed by atoms with Gasteiger partial charge in [-0.05, 0) is 36.4 Å². The Balaban J connectivity index is 1.84. The summed E-state index contributed by atoms with van der Waals surface area (Å²) in [7, 11) is 0. The number of anilines is 1. The first-order valence-electron chi connectivity index (χ1n) is 7.14. The van der Waals surface area contributed by atoms with Crippen molar-refractivity contribution in [3.63, 3.8) is 0 Å². The predicted octanol–water partition coefficient (Wildman–Crippen LogP) is 5.79. The van der Waals surface area contributed by atoms with Gasteiger partial charge in [-0.15, -0.1) is 0 Å². The number of nitrogens with one attached hydrogen (secondary N) is 2. The molecule has 0 aliphatic heterocycles. The maximum Gasteiger partial charge on any atom is 0.257 e. The van der Waals surface area contributed by atoms with Gasteiger partial charge < -0.3 is 10.3 Å². The number of amides is 1. The molecular formula is C17H11Cl4N3O. The van der Waals surface area contributed by atoms with Gasteiger partial charge in [-0.25, -0.2) is 4.98 Å². The standard InChI is InChI=1S/C17H11Cl4N3O/c18-11-2-1-3-12(19)14(11)13-8-22-16(24-13)9-4-6-10(7-5-9)23-17(25)15(20)21/h1-8,15H,(H,22,24)(H,23,25). The largest absolute Gasteiger partial charge is 0.338 e. The average Bonchev–Trinajstić information content (AvgIpc) is 3.05. The fraction of sp³-hybridized carbons (Fsp3) is 0.0588. The third kappa shape index (κ3) is 4.10. The molecule has 1 aromatic heterocycles. The predicted molar refractivity (Wildman–Crippen MR) is 104 cm³/mol. The lowest BCUT2D eigenvalue weighted by atomic mass is 10.1. The summed E-state index contributed by atoms with van der Waals surface area (Å²) in [4.78, 5) is 17.9. The molecule has 4 nitrogen and oxygen atoms in total. The van der Waals surface area contributed by atoms with Crippen molar-refractivity contribution in [3.8, 4) is 22.6 Å². The van der Waals surface area contributed by atoms with Gasteiger partial charge in [-0.3, -0.25) is 4.79 Å². The van der Waals surface area contributed by atoms with Gasteiger partial charge in [0.2, 0.25) is 0 Å². The van der Waals surface area contributed by atoms with Crippen LogP contribution in [0.5, 0.6) is 0 Å². The molecule has 0 atom stereocenters. The summed E-state index contributed by atoms with van der Waals surface area (Å²) in [5.41, 5.74) is 2.83. The lowest BCUT2D eigenvalue weighted by Crippen LogP contribution is -2.18. The minimum absolute atomic E-state index is 0.482. The minimum Gasteiger partial charge on any atom is -0.338 e. The van der Waals surface area contributed by atoms with Crippen LogP contribution in [0.25, 0.3) is 22.6 Å². The number of aromatic amines is 1. The lowest BCUT2D eigenvalue weighted by Gasteiger charge is -2.06. The van der Waals surface area contributed by atoms with Crippen LogP contribution >= 0.6 is 46.4 Å². The highest BCUT2D eigenvalue weighted by atomic mass is 35.5. The summed E-state index contributed by atoms with van der Waals surface area (Å²) in [6, 6.07) is 12.4. The highest BCUT2D eigenvalue weighted by molar-refractivity contribution is 6.54. The number of rotatable bonds is 4. The molecule has 0 radical (unpaired) electrons. The second kappa shape index (κ2) is 7.67. The van der Waals surface area contributed by atoms with Gasteiger partial charge in [0.05, 0.1) is 21.9 Å². The van der Waals surface area contributed by atoms with E-state index in [0.717, 1.165) is 11.3 Å². The molecular weight excluding hydrogens is 404 g/mol. The van der Waals surface area contributed by atoms with Gasteiger partial charge in [0.25, 0.3) is 5.91 Å². The van der Waals surface area contributed by atoms with Crippen molar-refractivity contribution in [2.75, 3.05) is 5.32 Å². The third-order valence-corrected chi connectivity index (χ3v) is 4.46. The first kappa shape index (κ1) is 18.1. The number of carbonyl (C=O) groups is 1. The molecule has 2 aromatic carbocycles. The van der Waals surface area contributed by atoms with Gasteiger partial charge >= 0.3 is 0 Å². The smallest absolute Gasteiger partial charge is 0.257 e. The van der Waals surface area contributed by atoms with Gasteiger partial charge in [-0.1, -0.05) is 52.5 Å². The maximum absolute atomic E-state index is 11.5. The zero-order valence-corrected chi connectivity index (χ0v) is 15.6. The minimum atomic E-state index is -1.12. The number of hydrogen-bond acceptors (Lipinski definition) is 2. The summed E-state index contributed by atoms with van der Waals surface area (Å²) in [6.45, 7) is 0. The van der Waals surface area contributed by atoms with Gasteiger partial charge in [-0.2, -0.15) is 0 Å². The third-order valence-electron chi connectivity index (χ3n) is 3.43. The van der Waals surface area contributed by atoms with Crippen molar-refractivity contribution in [2.24, 2.45) is 0 Å². The normalized spacial score (nSPS) is 10.9. The van der Waals surface area contributed by atoms with E-state index in [2.05, 4.69) is 15.3 Å². The molecule has 25 heavy (non-hydrogen) atoms. The molecule has 0 fully saturated rings. The molecule has 1 heterocycles. The summed E-state index contributed by atoms with van der Waals surface area (Å²) in [5, 5.41) is 3.68. The van der Waals surface area contributed by atoms with Crippen LogP contribution in [-0.4, -0.2) is 20.7 Å². The second-order valence-corrected chi connectivity index (χ2v) is 7.02. The van der Waals surface area contributed by atoms with Crippen LogP contribution in [0.2, 0.25) is 10.0 Å². The van der Waals surface area contributed by atoms with Crippen LogP contribution < -0.4 is 5.32 Å². The Morgan fingerprint density at radius 1 is 1.04 bits per heavy atom. The summed E-state index contributed by atoms with van der Waals surface area (Å²) < 4.78 is 0. The number of H-pyrrole nitrogens is 1. The van der Waals surface area contributed by atoms with Crippen LogP contribution in [0.4, 0.5) is 5.69 Å². The SMILES string of the molecule is O=C(Nc1ccc(-c2ncc(-c3c(Cl)cccc3Cl)[nH]2)cc1)C(Cl)Cl. The molecule has 0 saturated carbocycles. The monoisotopic (exact) mass is 413 g/mol. The van der Waals surface area contributed by atoms with Crippen LogP contribution in [0.15, 0.2) is 48.7 Å². The van der Waals surface area contributed by atoms with E-state index in [1.54, 1.807) is 36.5 Å². The quantitative estimate of drug-likeness (QED) is 0.530. The van der Waals surface area contributed by atoms with E-state index in [4.69, 9.17) is 46.4 Å². The fourth-order valence-corrected chi connectivity index (χ4v) is 2.97. The van der Waals surface area contributed by atoms with Gasteiger partial charge in [0.15, 0.2) is 4.84 Å². The molecule has 0 unspecified atom stereocenters. The molecule has 1 amide bonds. The van der Waals surface area contributed by atoms with Crippen LogP contribution in [0, 0.1) is 0 Å². The van der Waals surface area contributed by atoms with Crippen molar-refractivity contribution >= 4 is 58.0 Å². The Kier molecular flexibility index (Phi) is 5.54. The topological polar surface area (TPSA) is 57.8 Å². The van der Waals surface area contributed by atoms with E-state index in [1.165, 1.54) is 0 Å². The van der Waals surface area contributed by atoms with Crippen molar-refractivity contribution in [1.82, 2.24) is 9.97 Å². The zero-order valence-electron chi connectivity index (χ0n) is 12.6. The van der Waals surface area contributed by atoms with Gasteiger partial charge in [0.1, 0.15) is 5.82 Å². The van der Waals surface area contributed by atoms with Crippen LogP contribution in [-0.2, 0) is 4.79 Å². The molecule has 128 valence electrons. The number of carbonyl (C=O) groups excluding carboxylic acids is 1. The molecule has 0 bridgehead atoms. The van der Waals surface area contributed by atoms with Crippen molar-refractivity contribution in [3.05, 3.63) is 58.7 Å². The number of alkyl halides is 2. The summed E-state index contributed by atoms with van der Waals surface area (Å²) in [5.74, 6) is 0.168.